The predicted molar refractivity (Wildman–Crippen MR) is 68.2 cm³/mol. The first-order chi connectivity index (χ1) is 8.82. The molecule has 1 aromatic rings. The van der Waals surface area contributed by atoms with Crippen LogP contribution in [-0.2, 0) is 4.79 Å². The number of hydrogen-bond donors (Lipinski definition) is 3. The average Bonchev–Trinajstić information content (AvgIpc) is 2.26. The van der Waals surface area contributed by atoms with E-state index >= 15 is 0 Å². The minimum Gasteiger partial charge on any atom is -0.393 e. The molecular weight excluding hydrogens is 252 g/mol. The second-order valence-electron chi connectivity index (χ2n) is 4.05. The van der Waals surface area contributed by atoms with Crippen LogP contribution in [0, 0.1) is 10.1 Å². The molecule has 1 aromatic carbocycles. The molecule has 8 heteroatoms. The summed E-state index contributed by atoms with van der Waals surface area (Å²) < 4.78 is 0. The molecule has 0 saturated heterocycles. The van der Waals surface area contributed by atoms with Gasteiger partial charge in [-0.1, -0.05) is 6.07 Å². The quantitative estimate of drug-likeness (QED) is 0.395. The van der Waals surface area contributed by atoms with Crippen molar-refractivity contribution in [1.82, 2.24) is 5.32 Å². The number of carbonyl (C=O) groups is 2. The molecule has 0 saturated carbocycles. The lowest BCUT2D eigenvalue weighted by Crippen LogP contribution is -2.36. The Morgan fingerprint density at radius 1 is 1.47 bits per heavy atom. The van der Waals surface area contributed by atoms with Gasteiger partial charge >= 0.3 is 5.69 Å². The SMILES string of the molecule is CC(CC(N)=O)NC(=O)c1cccc(N)c1[N+](=O)[O-]. The Morgan fingerprint density at radius 3 is 2.63 bits per heavy atom. The third kappa shape index (κ3) is 3.66. The number of para-hydroxylation sites is 1. The van der Waals surface area contributed by atoms with Crippen LogP contribution in [0.1, 0.15) is 23.7 Å². The van der Waals surface area contributed by atoms with Crippen LogP contribution >= 0.6 is 0 Å². The number of hydrogen-bond acceptors (Lipinski definition) is 5. The molecule has 5 N–H and O–H groups in total. The number of nitro benzene ring substituents is 1. The van der Waals surface area contributed by atoms with Gasteiger partial charge in [0.15, 0.2) is 0 Å². The van der Waals surface area contributed by atoms with Crippen molar-refractivity contribution >= 4 is 23.2 Å². The van der Waals surface area contributed by atoms with Crippen molar-refractivity contribution in [2.45, 2.75) is 19.4 Å². The van der Waals surface area contributed by atoms with Gasteiger partial charge in [0.05, 0.1) is 4.92 Å². The molecule has 0 fully saturated rings. The van der Waals surface area contributed by atoms with Crippen molar-refractivity contribution in [3.05, 3.63) is 33.9 Å². The van der Waals surface area contributed by atoms with Crippen LogP contribution < -0.4 is 16.8 Å². The highest BCUT2D eigenvalue weighted by molar-refractivity contribution is 6.00. The number of nitro groups is 1. The summed E-state index contributed by atoms with van der Waals surface area (Å²) in [6, 6.07) is 3.55. The Labute approximate surface area is 108 Å². The third-order valence-corrected chi connectivity index (χ3v) is 2.38. The lowest BCUT2D eigenvalue weighted by atomic mass is 10.1. The van der Waals surface area contributed by atoms with E-state index in [2.05, 4.69) is 5.32 Å². The fourth-order valence-corrected chi connectivity index (χ4v) is 1.60. The smallest absolute Gasteiger partial charge is 0.304 e. The number of amides is 2. The van der Waals surface area contributed by atoms with Crippen LogP contribution in [-0.4, -0.2) is 22.8 Å². The molecule has 102 valence electrons. The summed E-state index contributed by atoms with van der Waals surface area (Å²) in [6.45, 7) is 1.57. The maximum absolute atomic E-state index is 11.9. The molecule has 0 heterocycles. The molecule has 0 aliphatic heterocycles. The van der Waals surface area contributed by atoms with Gasteiger partial charge in [0, 0.05) is 12.5 Å². The minimum atomic E-state index is -0.719. The van der Waals surface area contributed by atoms with Crippen molar-refractivity contribution in [2.75, 3.05) is 5.73 Å². The van der Waals surface area contributed by atoms with Crippen molar-refractivity contribution < 1.29 is 14.5 Å². The van der Waals surface area contributed by atoms with Gasteiger partial charge < -0.3 is 16.8 Å². The maximum atomic E-state index is 11.9. The largest absolute Gasteiger partial charge is 0.393 e. The first-order valence-electron chi connectivity index (χ1n) is 5.45. The zero-order chi connectivity index (χ0) is 14.6. The van der Waals surface area contributed by atoms with Gasteiger partial charge in [-0.25, -0.2) is 0 Å². The van der Waals surface area contributed by atoms with Crippen LogP contribution in [0.15, 0.2) is 18.2 Å². The van der Waals surface area contributed by atoms with Gasteiger partial charge in [0.1, 0.15) is 11.3 Å². The summed E-state index contributed by atoms with van der Waals surface area (Å²) >= 11 is 0. The number of rotatable bonds is 5. The van der Waals surface area contributed by atoms with Gasteiger partial charge in [-0.2, -0.15) is 0 Å². The molecule has 0 aliphatic carbocycles. The summed E-state index contributed by atoms with van der Waals surface area (Å²) in [5, 5.41) is 13.3. The number of carbonyl (C=O) groups excluding carboxylic acids is 2. The van der Waals surface area contributed by atoms with E-state index in [1.807, 2.05) is 0 Å². The van der Waals surface area contributed by atoms with E-state index in [9.17, 15) is 19.7 Å². The van der Waals surface area contributed by atoms with E-state index in [-0.39, 0.29) is 17.7 Å². The molecular formula is C11H14N4O4. The highest BCUT2D eigenvalue weighted by Gasteiger charge is 2.24. The Morgan fingerprint density at radius 2 is 2.11 bits per heavy atom. The van der Waals surface area contributed by atoms with E-state index < -0.39 is 28.5 Å². The van der Waals surface area contributed by atoms with Gasteiger partial charge in [-0.15, -0.1) is 0 Å². The second kappa shape index (κ2) is 5.80. The molecule has 0 spiro atoms. The second-order valence-corrected chi connectivity index (χ2v) is 4.05. The monoisotopic (exact) mass is 266 g/mol. The van der Waals surface area contributed by atoms with E-state index in [4.69, 9.17) is 11.5 Å². The van der Waals surface area contributed by atoms with Crippen molar-refractivity contribution in [3.63, 3.8) is 0 Å². The molecule has 1 rings (SSSR count). The lowest BCUT2D eigenvalue weighted by Gasteiger charge is -2.12. The lowest BCUT2D eigenvalue weighted by molar-refractivity contribution is -0.384. The van der Waals surface area contributed by atoms with Crippen molar-refractivity contribution in [2.24, 2.45) is 5.73 Å². The summed E-state index contributed by atoms with van der Waals surface area (Å²) in [5.74, 6) is -1.25. The Kier molecular flexibility index (Phi) is 4.41. The van der Waals surface area contributed by atoms with Crippen LogP contribution in [0.2, 0.25) is 0 Å². The van der Waals surface area contributed by atoms with Gasteiger partial charge in [0.25, 0.3) is 5.91 Å². The van der Waals surface area contributed by atoms with E-state index in [0.717, 1.165) is 0 Å². The molecule has 0 aliphatic rings. The number of nitrogens with one attached hydrogen (secondary N) is 1. The number of benzene rings is 1. The number of nitrogen functional groups attached to an aromatic ring is 1. The molecule has 1 unspecified atom stereocenters. The number of primary amides is 1. The number of nitrogens with zero attached hydrogens (tertiary/aromatic N) is 1. The van der Waals surface area contributed by atoms with Gasteiger partial charge in [-0.3, -0.25) is 19.7 Å². The van der Waals surface area contributed by atoms with Gasteiger partial charge in [-0.05, 0) is 19.1 Å². The first kappa shape index (κ1) is 14.4. The first-order valence-corrected chi connectivity index (χ1v) is 5.45. The zero-order valence-electron chi connectivity index (χ0n) is 10.3. The van der Waals surface area contributed by atoms with Crippen LogP contribution in [0.25, 0.3) is 0 Å². The predicted octanol–water partition coefficient (Wildman–Crippen LogP) is 0.171. The fourth-order valence-electron chi connectivity index (χ4n) is 1.60. The molecule has 8 nitrogen and oxygen atoms in total. The molecule has 19 heavy (non-hydrogen) atoms. The Bertz CT molecular complexity index is 529. The maximum Gasteiger partial charge on any atom is 0.304 e. The Balaban J connectivity index is 2.97. The highest BCUT2D eigenvalue weighted by atomic mass is 16.6. The standard InChI is InChI=1S/C11H14N4O4/c1-6(5-9(13)16)14-11(17)7-3-2-4-8(12)10(7)15(18)19/h2-4,6H,5,12H2,1H3,(H2,13,16)(H,14,17). The fraction of sp³-hybridized carbons (Fsp3) is 0.273. The molecule has 0 aromatic heterocycles. The van der Waals surface area contributed by atoms with Crippen molar-refractivity contribution in [3.8, 4) is 0 Å². The van der Waals surface area contributed by atoms with Crippen molar-refractivity contribution in [1.29, 1.82) is 0 Å². The van der Waals surface area contributed by atoms with Gasteiger partial charge in [0.2, 0.25) is 5.91 Å². The third-order valence-electron chi connectivity index (χ3n) is 2.38. The minimum absolute atomic E-state index is 0.0537. The van der Waals surface area contributed by atoms with Crippen LogP contribution in [0.5, 0.6) is 0 Å². The summed E-state index contributed by atoms with van der Waals surface area (Å²) in [7, 11) is 0. The van der Waals surface area contributed by atoms with E-state index in [1.165, 1.54) is 18.2 Å². The normalized spacial score (nSPS) is 11.6. The highest BCUT2D eigenvalue weighted by Crippen LogP contribution is 2.25. The molecule has 2 amide bonds. The number of anilines is 1. The van der Waals surface area contributed by atoms with Crippen LogP contribution in [0.4, 0.5) is 11.4 Å². The summed E-state index contributed by atoms with van der Waals surface area (Å²) in [4.78, 5) is 32.8. The molecule has 1 atom stereocenters. The Hall–Kier alpha value is -2.64. The average molecular weight is 266 g/mol. The topological polar surface area (TPSA) is 141 Å². The molecule has 0 radical (unpaired) electrons. The summed E-state index contributed by atoms with van der Waals surface area (Å²) in [6.07, 6.45) is -0.0537. The number of nitrogens with two attached hydrogens (primary N) is 2. The van der Waals surface area contributed by atoms with Crippen LogP contribution in [0.3, 0.4) is 0 Å². The van der Waals surface area contributed by atoms with E-state index in [1.54, 1.807) is 6.92 Å². The molecule has 0 bridgehead atoms. The zero-order valence-corrected chi connectivity index (χ0v) is 10.3. The van der Waals surface area contributed by atoms with E-state index in [0.29, 0.717) is 0 Å². The summed E-state index contributed by atoms with van der Waals surface area (Å²) in [5.41, 5.74) is 9.77.